The van der Waals surface area contributed by atoms with Gasteiger partial charge in [-0.2, -0.15) is 0 Å². The quantitative estimate of drug-likeness (QED) is 0.471. The molecule has 3 rings (SSSR count). The van der Waals surface area contributed by atoms with Crippen LogP contribution in [0.25, 0.3) is 0 Å². The first-order chi connectivity index (χ1) is 13.9. The number of hydrogen-bond acceptors (Lipinski definition) is 4. The second-order valence-electron chi connectivity index (χ2n) is 6.68. The van der Waals surface area contributed by atoms with Gasteiger partial charge in [-0.25, -0.2) is 0 Å². The number of aryl methyl sites for hydroxylation is 1. The molecule has 0 saturated heterocycles. The Morgan fingerprint density at radius 1 is 1.14 bits per heavy atom. The highest BCUT2D eigenvalue weighted by Gasteiger charge is 2.20. The summed E-state index contributed by atoms with van der Waals surface area (Å²) in [6.45, 7) is 6.71. The van der Waals surface area contributed by atoms with E-state index in [-0.39, 0.29) is 11.9 Å². The Hall–Kier alpha value is -2.02. The summed E-state index contributed by atoms with van der Waals surface area (Å²) in [6.07, 6.45) is 0. The number of aromatic nitrogens is 3. The standard InChI is InChI=1S/C21H22Cl2N4OS/c1-4-27-19(14(3)24-20(28)16-9-10-17(22)18(23)11-16)25-26-21(27)29-12-15-7-5-13(2)6-8-15/h5-11,14H,4,12H2,1-3H3,(H,24,28)/t14-/m1/s1. The van der Waals surface area contributed by atoms with E-state index < -0.39 is 0 Å². The molecule has 1 heterocycles. The van der Waals surface area contributed by atoms with Crippen LogP contribution in [0.1, 0.15) is 47.2 Å². The molecule has 2 aromatic carbocycles. The maximum Gasteiger partial charge on any atom is 0.251 e. The van der Waals surface area contributed by atoms with E-state index in [0.29, 0.717) is 28.0 Å². The van der Waals surface area contributed by atoms with Crippen LogP contribution in [0.5, 0.6) is 0 Å². The predicted molar refractivity (Wildman–Crippen MR) is 119 cm³/mol. The van der Waals surface area contributed by atoms with E-state index in [1.165, 1.54) is 11.1 Å². The Balaban J connectivity index is 1.70. The predicted octanol–water partition coefficient (Wildman–Crippen LogP) is 5.70. The summed E-state index contributed by atoms with van der Waals surface area (Å²) in [5, 5.41) is 13.2. The van der Waals surface area contributed by atoms with Crippen LogP contribution in [-0.4, -0.2) is 20.7 Å². The van der Waals surface area contributed by atoms with Crippen molar-refractivity contribution in [1.29, 1.82) is 0 Å². The minimum absolute atomic E-state index is 0.240. The number of benzene rings is 2. The first kappa shape index (κ1) is 21.7. The first-order valence-corrected chi connectivity index (χ1v) is 11.0. The molecule has 1 N–H and O–H groups in total. The molecule has 1 amide bonds. The van der Waals surface area contributed by atoms with Gasteiger partial charge in [0.25, 0.3) is 5.91 Å². The third-order valence-corrected chi connectivity index (χ3v) is 6.24. The molecule has 0 unspecified atom stereocenters. The lowest BCUT2D eigenvalue weighted by atomic mass is 10.2. The molecule has 0 bridgehead atoms. The van der Waals surface area contributed by atoms with Gasteiger partial charge in [-0.1, -0.05) is 64.8 Å². The van der Waals surface area contributed by atoms with E-state index >= 15 is 0 Å². The molecule has 0 aliphatic rings. The van der Waals surface area contributed by atoms with Gasteiger partial charge in [0.2, 0.25) is 0 Å². The van der Waals surface area contributed by atoms with Gasteiger partial charge in [0.1, 0.15) is 0 Å². The number of nitrogens with zero attached hydrogens (tertiary/aromatic N) is 3. The van der Waals surface area contributed by atoms with E-state index in [1.807, 2.05) is 18.4 Å². The second kappa shape index (κ2) is 9.65. The fraction of sp³-hybridized carbons (Fsp3) is 0.286. The monoisotopic (exact) mass is 448 g/mol. The smallest absolute Gasteiger partial charge is 0.251 e. The highest BCUT2D eigenvalue weighted by molar-refractivity contribution is 7.98. The van der Waals surface area contributed by atoms with Crippen LogP contribution >= 0.6 is 35.0 Å². The molecular weight excluding hydrogens is 427 g/mol. The fourth-order valence-corrected chi connectivity index (χ4v) is 4.10. The van der Waals surface area contributed by atoms with Gasteiger partial charge in [0, 0.05) is 17.9 Å². The number of halogens is 2. The van der Waals surface area contributed by atoms with Gasteiger partial charge < -0.3 is 9.88 Å². The number of amides is 1. The Labute approximate surface area is 184 Å². The molecule has 152 valence electrons. The zero-order valence-corrected chi connectivity index (χ0v) is 18.8. The molecule has 1 aromatic heterocycles. The van der Waals surface area contributed by atoms with Crippen molar-refractivity contribution in [3.63, 3.8) is 0 Å². The zero-order valence-electron chi connectivity index (χ0n) is 16.4. The van der Waals surface area contributed by atoms with Crippen LogP contribution in [0.3, 0.4) is 0 Å². The minimum atomic E-state index is -0.307. The van der Waals surface area contributed by atoms with Crippen LogP contribution in [-0.2, 0) is 12.3 Å². The third kappa shape index (κ3) is 5.32. The molecule has 3 aromatic rings. The highest BCUT2D eigenvalue weighted by atomic mass is 35.5. The van der Waals surface area contributed by atoms with Gasteiger partial charge >= 0.3 is 0 Å². The SMILES string of the molecule is CCn1c(SCc2ccc(C)cc2)nnc1[C@@H](C)NC(=O)c1ccc(Cl)c(Cl)c1. The largest absolute Gasteiger partial charge is 0.342 e. The van der Waals surface area contributed by atoms with Crippen molar-refractivity contribution in [1.82, 2.24) is 20.1 Å². The number of hydrogen-bond donors (Lipinski definition) is 1. The lowest BCUT2D eigenvalue weighted by molar-refractivity contribution is 0.0937. The average Bonchev–Trinajstić information content (AvgIpc) is 3.12. The fourth-order valence-electron chi connectivity index (χ4n) is 2.84. The molecule has 0 saturated carbocycles. The topological polar surface area (TPSA) is 59.8 Å². The van der Waals surface area contributed by atoms with Crippen molar-refractivity contribution in [2.24, 2.45) is 0 Å². The van der Waals surface area contributed by atoms with Gasteiger partial charge in [-0.15, -0.1) is 10.2 Å². The second-order valence-corrected chi connectivity index (χ2v) is 8.44. The van der Waals surface area contributed by atoms with E-state index in [4.69, 9.17) is 23.2 Å². The van der Waals surface area contributed by atoms with Crippen molar-refractivity contribution in [2.75, 3.05) is 0 Å². The van der Waals surface area contributed by atoms with Crippen LogP contribution in [0.4, 0.5) is 0 Å². The van der Waals surface area contributed by atoms with E-state index in [1.54, 1.807) is 30.0 Å². The van der Waals surface area contributed by atoms with Gasteiger partial charge in [-0.3, -0.25) is 4.79 Å². The molecular formula is C21H22Cl2N4OS. The average molecular weight is 449 g/mol. The van der Waals surface area contributed by atoms with E-state index in [2.05, 4.69) is 46.7 Å². The van der Waals surface area contributed by atoms with Crippen molar-refractivity contribution >= 4 is 40.9 Å². The molecule has 8 heteroatoms. The van der Waals surface area contributed by atoms with E-state index in [9.17, 15) is 4.79 Å². The zero-order chi connectivity index (χ0) is 21.0. The molecule has 0 radical (unpaired) electrons. The lowest BCUT2D eigenvalue weighted by Crippen LogP contribution is -2.28. The summed E-state index contributed by atoms with van der Waals surface area (Å²) in [7, 11) is 0. The maximum atomic E-state index is 12.6. The first-order valence-electron chi connectivity index (χ1n) is 9.26. The van der Waals surface area contributed by atoms with E-state index in [0.717, 1.165) is 10.9 Å². The number of nitrogens with one attached hydrogen (secondary N) is 1. The molecule has 0 aliphatic carbocycles. The number of rotatable bonds is 7. The molecule has 5 nitrogen and oxygen atoms in total. The molecule has 1 atom stereocenters. The Kier molecular flexibility index (Phi) is 7.22. The van der Waals surface area contributed by atoms with Crippen molar-refractivity contribution in [2.45, 2.75) is 44.3 Å². The summed E-state index contributed by atoms with van der Waals surface area (Å²) < 4.78 is 2.03. The molecule has 0 spiro atoms. The minimum Gasteiger partial charge on any atom is -0.342 e. The Morgan fingerprint density at radius 2 is 1.86 bits per heavy atom. The van der Waals surface area contributed by atoms with Crippen LogP contribution in [0, 0.1) is 6.92 Å². The summed E-state index contributed by atoms with van der Waals surface area (Å²) >= 11 is 13.6. The molecule has 0 fully saturated rings. The van der Waals surface area contributed by atoms with Gasteiger partial charge in [0.05, 0.1) is 16.1 Å². The van der Waals surface area contributed by atoms with Crippen LogP contribution < -0.4 is 5.32 Å². The molecule has 0 aliphatic heterocycles. The summed E-state index contributed by atoms with van der Waals surface area (Å²) in [5.74, 6) is 1.28. The summed E-state index contributed by atoms with van der Waals surface area (Å²) in [6, 6.07) is 12.9. The summed E-state index contributed by atoms with van der Waals surface area (Å²) in [5.41, 5.74) is 2.92. The maximum absolute atomic E-state index is 12.6. The Bertz CT molecular complexity index is 1000. The van der Waals surface area contributed by atoms with Crippen molar-refractivity contribution in [3.05, 3.63) is 75.0 Å². The van der Waals surface area contributed by atoms with Crippen LogP contribution in [0.15, 0.2) is 47.6 Å². The number of carbonyl (C=O) groups excluding carboxylic acids is 1. The number of carbonyl (C=O) groups is 1. The third-order valence-electron chi connectivity index (χ3n) is 4.47. The molecule has 29 heavy (non-hydrogen) atoms. The van der Waals surface area contributed by atoms with Crippen LogP contribution in [0.2, 0.25) is 10.0 Å². The van der Waals surface area contributed by atoms with Gasteiger partial charge in [0.15, 0.2) is 11.0 Å². The highest BCUT2D eigenvalue weighted by Crippen LogP contribution is 2.25. The summed E-state index contributed by atoms with van der Waals surface area (Å²) in [4.78, 5) is 12.6. The van der Waals surface area contributed by atoms with Crippen molar-refractivity contribution in [3.8, 4) is 0 Å². The van der Waals surface area contributed by atoms with Gasteiger partial charge in [-0.05, 0) is 44.5 Å². The number of thioether (sulfide) groups is 1. The van der Waals surface area contributed by atoms with Crippen molar-refractivity contribution < 1.29 is 4.79 Å². The lowest BCUT2D eigenvalue weighted by Gasteiger charge is -2.15. The normalized spacial score (nSPS) is 12.0. The Morgan fingerprint density at radius 3 is 2.52 bits per heavy atom.